The maximum atomic E-state index is 13.0. The largest absolute Gasteiger partial charge is 0.457 e. The zero-order chi connectivity index (χ0) is 20.6. The van der Waals surface area contributed by atoms with Crippen LogP contribution in [-0.4, -0.2) is 42.5 Å². The van der Waals surface area contributed by atoms with Crippen molar-refractivity contribution in [1.82, 2.24) is 4.90 Å². The second-order valence-corrected chi connectivity index (χ2v) is 6.76. The van der Waals surface area contributed by atoms with Gasteiger partial charge in [0.1, 0.15) is 23.4 Å². The van der Waals surface area contributed by atoms with Crippen LogP contribution >= 0.6 is 0 Å². The molecule has 3 rings (SSSR count). The quantitative estimate of drug-likeness (QED) is 0.681. The van der Waals surface area contributed by atoms with Crippen molar-refractivity contribution in [3.63, 3.8) is 0 Å². The lowest BCUT2D eigenvalue weighted by Gasteiger charge is -2.24. The molecule has 1 fully saturated rings. The van der Waals surface area contributed by atoms with Crippen LogP contribution in [0.2, 0.25) is 0 Å². The predicted octanol–water partition coefficient (Wildman–Crippen LogP) is 3.97. The Morgan fingerprint density at radius 2 is 1.76 bits per heavy atom. The molecule has 2 aromatic rings. The van der Waals surface area contributed by atoms with Crippen LogP contribution < -0.4 is 10.1 Å². The van der Waals surface area contributed by atoms with Gasteiger partial charge in [0.2, 0.25) is 11.8 Å². The minimum absolute atomic E-state index is 0.0563. The highest BCUT2D eigenvalue weighted by atomic mass is 19.1. The molecule has 0 aliphatic carbocycles. The standard InChI is InChI=1S/C22H25FN2O4/c1-2-28-15-13-21(26)25-14-3-4-20(25)22(27)24-17-7-11-19(12-8-17)29-18-9-5-16(23)6-10-18/h5-12,20H,2-4,13-15H2,1H3,(H,24,27)/t20-/m0/s1. The average molecular weight is 400 g/mol. The van der Waals surface area contributed by atoms with Gasteiger partial charge in [0.05, 0.1) is 13.0 Å². The predicted molar refractivity (Wildman–Crippen MR) is 107 cm³/mol. The molecule has 7 heteroatoms. The second kappa shape index (κ2) is 10.0. The summed E-state index contributed by atoms with van der Waals surface area (Å²) >= 11 is 0. The summed E-state index contributed by atoms with van der Waals surface area (Å²) in [7, 11) is 0. The van der Waals surface area contributed by atoms with E-state index in [1.165, 1.54) is 12.1 Å². The van der Waals surface area contributed by atoms with Crippen LogP contribution in [0.25, 0.3) is 0 Å². The zero-order valence-electron chi connectivity index (χ0n) is 16.4. The van der Waals surface area contributed by atoms with Gasteiger partial charge in [-0.1, -0.05) is 0 Å². The number of carbonyl (C=O) groups is 2. The molecule has 1 N–H and O–H groups in total. The SMILES string of the molecule is CCOCCC(=O)N1CCC[C@H]1C(=O)Nc1ccc(Oc2ccc(F)cc2)cc1. The molecule has 2 aromatic carbocycles. The number of hydrogen-bond acceptors (Lipinski definition) is 4. The van der Waals surface area contributed by atoms with Gasteiger partial charge in [0, 0.05) is 18.8 Å². The highest BCUT2D eigenvalue weighted by Gasteiger charge is 2.33. The molecule has 6 nitrogen and oxygen atoms in total. The Labute approximate surface area is 169 Å². The minimum atomic E-state index is -0.459. The lowest BCUT2D eigenvalue weighted by atomic mass is 10.2. The molecule has 0 unspecified atom stereocenters. The van der Waals surface area contributed by atoms with E-state index < -0.39 is 6.04 Å². The summed E-state index contributed by atoms with van der Waals surface area (Å²) in [5.41, 5.74) is 0.620. The summed E-state index contributed by atoms with van der Waals surface area (Å²) in [4.78, 5) is 26.7. The van der Waals surface area contributed by atoms with Gasteiger partial charge in [0.15, 0.2) is 0 Å². The molecule has 154 valence electrons. The number of hydrogen-bond donors (Lipinski definition) is 1. The van der Waals surface area contributed by atoms with Gasteiger partial charge in [-0.2, -0.15) is 0 Å². The lowest BCUT2D eigenvalue weighted by Crippen LogP contribution is -2.43. The zero-order valence-corrected chi connectivity index (χ0v) is 16.4. The van der Waals surface area contributed by atoms with Gasteiger partial charge in [0.25, 0.3) is 0 Å². The molecular formula is C22H25FN2O4. The maximum absolute atomic E-state index is 13.0. The van der Waals surface area contributed by atoms with Gasteiger partial charge < -0.3 is 19.7 Å². The number of nitrogens with zero attached hydrogens (tertiary/aromatic N) is 1. The summed E-state index contributed by atoms with van der Waals surface area (Å²) < 4.78 is 23.8. The van der Waals surface area contributed by atoms with Crippen molar-refractivity contribution in [1.29, 1.82) is 0 Å². The van der Waals surface area contributed by atoms with Crippen LogP contribution in [0.4, 0.5) is 10.1 Å². The fraction of sp³-hybridized carbons (Fsp3) is 0.364. The van der Waals surface area contributed by atoms with Crippen molar-refractivity contribution in [3.8, 4) is 11.5 Å². The van der Waals surface area contributed by atoms with Gasteiger partial charge in [-0.3, -0.25) is 9.59 Å². The van der Waals surface area contributed by atoms with Crippen LogP contribution in [0.3, 0.4) is 0 Å². The van der Waals surface area contributed by atoms with Crippen molar-refractivity contribution >= 4 is 17.5 Å². The van der Waals surface area contributed by atoms with E-state index in [9.17, 15) is 14.0 Å². The smallest absolute Gasteiger partial charge is 0.247 e. The van der Waals surface area contributed by atoms with E-state index in [0.717, 1.165) is 6.42 Å². The van der Waals surface area contributed by atoms with E-state index in [1.807, 2.05) is 6.92 Å². The van der Waals surface area contributed by atoms with Crippen LogP contribution in [0.15, 0.2) is 48.5 Å². The average Bonchev–Trinajstić information content (AvgIpc) is 3.21. The third-order valence-electron chi connectivity index (χ3n) is 4.71. The number of amides is 2. The first-order chi connectivity index (χ1) is 14.1. The molecule has 2 amide bonds. The van der Waals surface area contributed by atoms with E-state index in [4.69, 9.17) is 9.47 Å². The Kier molecular flexibility index (Phi) is 7.19. The minimum Gasteiger partial charge on any atom is -0.457 e. The monoisotopic (exact) mass is 400 g/mol. The number of likely N-dealkylation sites (tertiary alicyclic amines) is 1. The van der Waals surface area contributed by atoms with E-state index in [1.54, 1.807) is 41.3 Å². The van der Waals surface area contributed by atoms with Gasteiger partial charge in [-0.25, -0.2) is 4.39 Å². The number of carbonyl (C=O) groups excluding carboxylic acids is 2. The topological polar surface area (TPSA) is 67.9 Å². The molecule has 0 radical (unpaired) electrons. The molecule has 1 saturated heterocycles. The fourth-order valence-electron chi connectivity index (χ4n) is 3.26. The van der Waals surface area contributed by atoms with E-state index in [0.29, 0.717) is 43.4 Å². The molecular weight excluding hydrogens is 375 g/mol. The third-order valence-corrected chi connectivity index (χ3v) is 4.71. The van der Waals surface area contributed by atoms with Gasteiger partial charge >= 0.3 is 0 Å². The summed E-state index contributed by atoms with van der Waals surface area (Å²) in [6.45, 7) is 3.41. The maximum Gasteiger partial charge on any atom is 0.247 e. The van der Waals surface area contributed by atoms with E-state index >= 15 is 0 Å². The summed E-state index contributed by atoms with van der Waals surface area (Å²) in [5, 5.41) is 2.87. The summed E-state index contributed by atoms with van der Waals surface area (Å²) in [6, 6.07) is 12.2. The first kappa shape index (κ1) is 20.8. The van der Waals surface area contributed by atoms with E-state index in [2.05, 4.69) is 5.32 Å². The molecule has 0 spiro atoms. The normalized spacial score (nSPS) is 15.9. The number of anilines is 1. The first-order valence-corrected chi connectivity index (χ1v) is 9.78. The van der Waals surface area contributed by atoms with Crippen LogP contribution in [0.5, 0.6) is 11.5 Å². The Morgan fingerprint density at radius 3 is 2.41 bits per heavy atom. The highest BCUT2D eigenvalue weighted by Crippen LogP contribution is 2.24. The van der Waals surface area contributed by atoms with Crippen molar-refractivity contribution < 1.29 is 23.5 Å². The molecule has 1 atom stereocenters. The van der Waals surface area contributed by atoms with Crippen molar-refractivity contribution in [2.45, 2.75) is 32.2 Å². The molecule has 29 heavy (non-hydrogen) atoms. The molecule has 0 bridgehead atoms. The molecule has 1 aliphatic rings. The van der Waals surface area contributed by atoms with Crippen LogP contribution in [-0.2, 0) is 14.3 Å². The van der Waals surface area contributed by atoms with Gasteiger partial charge in [-0.15, -0.1) is 0 Å². The van der Waals surface area contributed by atoms with Crippen LogP contribution in [0.1, 0.15) is 26.2 Å². The Hall–Kier alpha value is -2.93. The Balaban J connectivity index is 1.55. The molecule has 0 saturated carbocycles. The van der Waals surface area contributed by atoms with E-state index in [-0.39, 0.29) is 24.1 Å². The first-order valence-electron chi connectivity index (χ1n) is 9.78. The second-order valence-electron chi connectivity index (χ2n) is 6.76. The van der Waals surface area contributed by atoms with Crippen molar-refractivity contribution in [3.05, 3.63) is 54.3 Å². The number of benzene rings is 2. The van der Waals surface area contributed by atoms with Crippen molar-refractivity contribution in [2.75, 3.05) is 25.1 Å². The number of rotatable bonds is 8. The summed E-state index contributed by atoms with van der Waals surface area (Å²) in [5.74, 6) is 0.518. The number of ether oxygens (including phenoxy) is 2. The Bertz CT molecular complexity index is 824. The highest BCUT2D eigenvalue weighted by molar-refractivity contribution is 5.97. The third kappa shape index (κ3) is 5.77. The number of halogens is 1. The lowest BCUT2D eigenvalue weighted by molar-refractivity contribution is -0.137. The fourth-order valence-corrected chi connectivity index (χ4v) is 3.26. The summed E-state index contributed by atoms with van der Waals surface area (Å²) in [6.07, 6.45) is 1.74. The van der Waals surface area contributed by atoms with Gasteiger partial charge in [-0.05, 0) is 68.3 Å². The molecule has 0 aromatic heterocycles. The Morgan fingerprint density at radius 1 is 1.10 bits per heavy atom. The van der Waals surface area contributed by atoms with Crippen molar-refractivity contribution in [2.24, 2.45) is 0 Å². The molecule has 1 aliphatic heterocycles. The van der Waals surface area contributed by atoms with Crippen LogP contribution in [0, 0.1) is 5.82 Å². The number of nitrogens with one attached hydrogen (secondary N) is 1. The molecule has 1 heterocycles.